The Hall–Kier alpha value is -1.52. The first-order chi connectivity index (χ1) is 8.72. The van der Waals surface area contributed by atoms with Crippen LogP contribution in [0.25, 0.3) is 0 Å². The van der Waals surface area contributed by atoms with E-state index in [1.165, 1.54) is 0 Å². The topological polar surface area (TPSA) is 50.7 Å². The number of nitrogens with one attached hydrogen (secondary N) is 1. The highest BCUT2D eigenvalue weighted by atomic mass is 16.5. The van der Waals surface area contributed by atoms with Gasteiger partial charge in [0.1, 0.15) is 0 Å². The third kappa shape index (κ3) is 4.05. The first-order valence-corrected chi connectivity index (χ1v) is 5.92. The van der Waals surface area contributed by atoms with Gasteiger partial charge in [0, 0.05) is 25.8 Å². The van der Waals surface area contributed by atoms with Crippen molar-refractivity contribution in [1.82, 2.24) is 5.32 Å². The number of hydrogen-bond donors (Lipinski definition) is 2. The Kier molecular flexibility index (Phi) is 6.25. The maximum Gasteiger partial charge on any atom is 0.162 e. The van der Waals surface area contributed by atoms with Crippen LogP contribution in [0.3, 0.4) is 0 Å². The van der Waals surface area contributed by atoms with E-state index in [0.29, 0.717) is 18.9 Å². The van der Waals surface area contributed by atoms with Crippen LogP contribution in [0.5, 0.6) is 11.5 Å². The van der Waals surface area contributed by atoms with E-state index in [4.69, 9.17) is 9.47 Å². The lowest BCUT2D eigenvalue weighted by atomic mass is 10.1. The van der Waals surface area contributed by atoms with Crippen LogP contribution in [0.1, 0.15) is 11.1 Å². The molecule has 0 fully saturated rings. The zero-order valence-electron chi connectivity index (χ0n) is 11.0. The Morgan fingerprint density at radius 2 is 2.17 bits per heavy atom. The lowest BCUT2D eigenvalue weighted by Gasteiger charge is -2.12. The third-order valence-corrected chi connectivity index (χ3v) is 2.61. The van der Waals surface area contributed by atoms with Crippen molar-refractivity contribution >= 4 is 0 Å². The van der Waals surface area contributed by atoms with Crippen LogP contribution in [0.15, 0.2) is 24.8 Å². The molecule has 2 N–H and O–H groups in total. The molecule has 0 aliphatic carbocycles. The molecule has 0 heterocycles. The second kappa shape index (κ2) is 7.74. The van der Waals surface area contributed by atoms with E-state index in [0.717, 1.165) is 24.1 Å². The van der Waals surface area contributed by atoms with Gasteiger partial charge in [0.25, 0.3) is 0 Å². The summed E-state index contributed by atoms with van der Waals surface area (Å²) in [6, 6.07) is 3.79. The molecular formula is C14H21NO3. The van der Waals surface area contributed by atoms with Gasteiger partial charge in [-0.15, -0.1) is 6.58 Å². The second-order valence-electron chi connectivity index (χ2n) is 3.97. The maximum absolute atomic E-state index is 10.0. The summed E-state index contributed by atoms with van der Waals surface area (Å²) < 4.78 is 10.1. The SMILES string of the molecule is C=CCc1cc(CNCCOC)c(O)c(OC)c1. The van der Waals surface area contributed by atoms with Crippen molar-refractivity contribution in [2.24, 2.45) is 0 Å². The maximum atomic E-state index is 10.0. The fourth-order valence-corrected chi connectivity index (χ4v) is 1.70. The molecule has 0 bridgehead atoms. The second-order valence-corrected chi connectivity index (χ2v) is 3.97. The summed E-state index contributed by atoms with van der Waals surface area (Å²) in [4.78, 5) is 0. The predicted molar refractivity (Wildman–Crippen MR) is 72.1 cm³/mol. The number of benzene rings is 1. The first-order valence-electron chi connectivity index (χ1n) is 5.92. The molecule has 1 aromatic carbocycles. The van der Waals surface area contributed by atoms with Gasteiger partial charge in [-0.25, -0.2) is 0 Å². The monoisotopic (exact) mass is 251 g/mol. The quantitative estimate of drug-likeness (QED) is 0.547. The largest absolute Gasteiger partial charge is 0.504 e. The van der Waals surface area contributed by atoms with E-state index >= 15 is 0 Å². The molecular weight excluding hydrogens is 230 g/mol. The molecule has 0 spiro atoms. The molecule has 1 rings (SSSR count). The van der Waals surface area contributed by atoms with Crippen molar-refractivity contribution in [3.8, 4) is 11.5 Å². The zero-order valence-corrected chi connectivity index (χ0v) is 11.0. The molecule has 0 aliphatic heterocycles. The number of rotatable bonds is 8. The highest BCUT2D eigenvalue weighted by Gasteiger charge is 2.09. The molecule has 0 aliphatic rings. The standard InChI is InChI=1S/C14H21NO3/c1-4-5-11-8-12(10-15-6-7-17-2)14(16)13(9-11)18-3/h4,8-9,15-16H,1,5-7,10H2,2-3H3. The minimum Gasteiger partial charge on any atom is -0.504 e. The normalized spacial score (nSPS) is 10.3. The van der Waals surface area contributed by atoms with E-state index < -0.39 is 0 Å². The van der Waals surface area contributed by atoms with Crippen molar-refractivity contribution in [3.63, 3.8) is 0 Å². The number of phenols is 1. The van der Waals surface area contributed by atoms with Gasteiger partial charge < -0.3 is 19.9 Å². The smallest absolute Gasteiger partial charge is 0.162 e. The summed E-state index contributed by atoms with van der Waals surface area (Å²) in [5.74, 6) is 0.688. The van der Waals surface area contributed by atoms with Gasteiger partial charge in [-0.2, -0.15) is 0 Å². The fraction of sp³-hybridized carbons (Fsp3) is 0.429. The van der Waals surface area contributed by atoms with Crippen LogP contribution in [0.2, 0.25) is 0 Å². The summed E-state index contributed by atoms with van der Waals surface area (Å²) >= 11 is 0. The molecule has 4 nitrogen and oxygen atoms in total. The minimum absolute atomic E-state index is 0.190. The molecule has 0 aromatic heterocycles. The summed E-state index contributed by atoms with van der Waals surface area (Å²) in [6.07, 6.45) is 2.58. The molecule has 0 unspecified atom stereocenters. The van der Waals surface area contributed by atoms with E-state index in [1.54, 1.807) is 14.2 Å². The van der Waals surface area contributed by atoms with Gasteiger partial charge in [0.05, 0.1) is 13.7 Å². The Morgan fingerprint density at radius 1 is 1.39 bits per heavy atom. The van der Waals surface area contributed by atoms with Crippen LogP contribution >= 0.6 is 0 Å². The highest BCUT2D eigenvalue weighted by Crippen LogP contribution is 2.31. The molecule has 1 aromatic rings. The Morgan fingerprint density at radius 3 is 2.78 bits per heavy atom. The molecule has 18 heavy (non-hydrogen) atoms. The zero-order chi connectivity index (χ0) is 13.4. The Labute approximate surface area is 108 Å². The molecule has 0 radical (unpaired) electrons. The van der Waals surface area contributed by atoms with Crippen LogP contribution in [0.4, 0.5) is 0 Å². The Balaban J connectivity index is 2.80. The number of aromatic hydroxyl groups is 1. The highest BCUT2D eigenvalue weighted by molar-refractivity contribution is 5.48. The van der Waals surface area contributed by atoms with Gasteiger partial charge >= 0.3 is 0 Å². The van der Waals surface area contributed by atoms with Gasteiger partial charge in [0.15, 0.2) is 11.5 Å². The van der Waals surface area contributed by atoms with Crippen LogP contribution < -0.4 is 10.1 Å². The lowest BCUT2D eigenvalue weighted by molar-refractivity contribution is 0.199. The van der Waals surface area contributed by atoms with Crippen molar-refractivity contribution in [2.75, 3.05) is 27.4 Å². The van der Waals surface area contributed by atoms with E-state index in [1.807, 2.05) is 18.2 Å². The predicted octanol–water partition coefficient (Wildman–Crippen LogP) is 1.87. The molecule has 0 saturated heterocycles. The van der Waals surface area contributed by atoms with Gasteiger partial charge in [-0.3, -0.25) is 0 Å². The van der Waals surface area contributed by atoms with E-state index in [2.05, 4.69) is 11.9 Å². The summed E-state index contributed by atoms with van der Waals surface area (Å²) in [5, 5.41) is 13.2. The molecule has 0 amide bonds. The van der Waals surface area contributed by atoms with Crippen molar-refractivity contribution in [3.05, 3.63) is 35.9 Å². The van der Waals surface area contributed by atoms with Gasteiger partial charge in [-0.1, -0.05) is 12.1 Å². The molecule has 4 heteroatoms. The first kappa shape index (κ1) is 14.5. The van der Waals surface area contributed by atoms with Gasteiger partial charge in [-0.05, 0) is 18.1 Å². The number of hydrogen-bond acceptors (Lipinski definition) is 4. The number of phenolic OH excluding ortho intramolecular Hbond substituents is 1. The molecule has 0 saturated carbocycles. The summed E-state index contributed by atoms with van der Waals surface area (Å²) in [5.41, 5.74) is 1.89. The third-order valence-electron chi connectivity index (χ3n) is 2.61. The van der Waals surface area contributed by atoms with Crippen molar-refractivity contribution < 1.29 is 14.6 Å². The van der Waals surface area contributed by atoms with Crippen molar-refractivity contribution in [1.29, 1.82) is 0 Å². The fourth-order valence-electron chi connectivity index (χ4n) is 1.70. The minimum atomic E-state index is 0.190. The average molecular weight is 251 g/mol. The Bertz CT molecular complexity index is 391. The summed E-state index contributed by atoms with van der Waals surface area (Å²) in [7, 11) is 3.21. The molecule has 0 atom stereocenters. The number of allylic oxidation sites excluding steroid dienone is 1. The molecule has 100 valence electrons. The van der Waals surface area contributed by atoms with Crippen LogP contribution in [0, 0.1) is 0 Å². The summed E-state index contributed by atoms with van der Waals surface area (Å²) in [6.45, 7) is 5.68. The number of ether oxygens (including phenoxy) is 2. The van der Waals surface area contributed by atoms with E-state index in [-0.39, 0.29) is 5.75 Å². The van der Waals surface area contributed by atoms with Crippen LogP contribution in [-0.4, -0.2) is 32.5 Å². The average Bonchev–Trinajstić information content (AvgIpc) is 2.38. The van der Waals surface area contributed by atoms with Gasteiger partial charge in [0.2, 0.25) is 0 Å². The van der Waals surface area contributed by atoms with Crippen LogP contribution in [-0.2, 0) is 17.7 Å². The lowest BCUT2D eigenvalue weighted by Crippen LogP contribution is -2.18. The number of methoxy groups -OCH3 is 2. The van der Waals surface area contributed by atoms with E-state index in [9.17, 15) is 5.11 Å². The van der Waals surface area contributed by atoms with Crippen molar-refractivity contribution in [2.45, 2.75) is 13.0 Å².